The third kappa shape index (κ3) is 5.88. The van der Waals surface area contributed by atoms with E-state index in [9.17, 15) is 4.79 Å². The van der Waals surface area contributed by atoms with E-state index in [-0.39, 0.29) is 6.61 Å². The van der Waals surface area contributed by atoms with E-state index < -0.39 is 5.97 Å². The van der Waals surface area contributed by atoms with E-state index in [1.165, 1.54) is 6.08 Å². The number of rotatable bonds is 8. The molecule has 0 aliphatic heterocycles. The summed E-state index contributed by atoms with van der Waals surface area (Å²) in [5.74, 6) is 1.66. The van der Waals surface area contributed by atoms with Crippen LogP contribution in [0.15, 0.2) is 48.5 Å². The van der Waals surface area contributed by atoms with E-state index in [4.69, 9.17) is 18.9 Å². The van der Waals surface area contributed by atoms with Gasteiger partial charge in [-0.15, -0.1) is 0 Å². The SMILES string of the molecule is COc1cc(/C=C/C(=O)OCCOc2ccccc2C)cc(OC)c1. The molecule has 0 N–H and O–H groups in total. The second kappa shape index (κ2) is 9.37. The number of hydrogen-bond donors (Lipinski definition) is 0. The lowest BCUT2D eigenvalue weighted by atomic mass is 10.2. The highest BCUT2D eigenvalue weighted by Crippen LogP contribution is 2.23. The lowest BCUT2D eigenvalue weighted by Gasteiger charge is -2.08. The van der Waals surface area contributed by atoms with Gasteiger partial charge in [-0.1, -0.05) is 18.2 Å². The van der Waals surface area contributed by atoms with Crippen molar-refractivity contribution in [3.63, 3.8) is 0 Å². The van der Waals surface area contributed by atoms with Crippen LogP contribution < -0.4 is 14.2 Å². The van der Waals surface area contributed by atoms with Crippen molar-refractivity contribution in [3.8, 4) is 17.2 Å². The number of carbonyl (C=O) groups excluding carboxylic acids is 1. The molecule has 0 radical (unpaired) electrons. The van der Waals surface area contributed by atoms with Crippen molar-refractivity contribution in [1.82, 2.24) is 0 Å². The zero-order valence-electron chi connectivity index (χ0n) is 14.7. The minimum Gasteiger partial charge on any atom is -0.497 e. The number of methoxy groups -OCH3 is 2. The Morgan fingerprint density at radius 3 is 2.32 bits per heavy atom. The topological polar surface area (TPSA) is 54.0 Å². The molecule has 2 aromatic carbocycles. The van der Waals surface area contributed by atoms with Gasteiger partial charge in [0.2, 0.25) is 0 Å². The Hall–Kier alpha value is -2.95. The molecule has 0 aliphatic carbocycles. The molecule has 5 heteroatoms. The highest BCUT2D eigenvalue weighted by molar-refractivity contribution is 5.87. The van der Waals surface area contributed by atoms with Crippen LogP contribution in [0, 0.1) is 6.92 Å². The summed E-state index contributed by atoms with van der Waals surface area (Å²) in [5.41, 5.74) is 1.82. The first-order valence-corrected chi connectivity index (χ1v) is 7.88. The van der Waals surface area contributed by atoms with Gasteiger partial charge in [-0.05, 0) is 42.3 Å². The van der Waals surface area contributed by atoms with Crippen molar-refractivity contribution < 1.29 is 23.7 Å². The fraction of sp³-hybridized carbons (Fsp3) is 0.250. The monoisotopic (exact) mass is 342 g/mol. The molecular weight excluding hydrogens is 320 g/mol. The van der Waals surface area contributed by atoms with Gasteiger partial charge in [-0.3, -0.25) is 0 Å². The molecule has 0 fully saturated rings. The van der Waals surface area contributed by atoms with E-state index >= 15 is 0 Å². The van der Waals surface area contributed by atoms with Crippen molar-refractivity contribution in [1.29, 1.82) is 0 Å². The molecule has 0 amide bonds. The summed E-state index contributed by atoms with van der Waals surface area (Å²) >= 11 is 0. The molecular formula is C20H22O5. The number of aryl methyl sites for hydroxylation is 1. The van der Waals surface area contributed by atoms with Gasteiger partial charge in [0.15, 0.2) is 0 Å². The number of carbonyl (C=O) groups is 1. The first kappa shape index (κ1) is 18.4. The second-order valence-electron chi connectivity index (χ2n) is 5.26. The third-order valence-electron chi connectivity index (χ3n) is 3.46. The normalized spacial score (nSPS) is 10.5. The summed E-state index contributed by atoms with van der Waals surface area (Å²) in [6.45, 7) is 2.45. The molecule has 5 nitrogen and oxygen atoms in total. The Balaban J connectivity index is 1.82. The largest absolute Gasteiger partial charge is 0.497 e. The van der Waals surface area contributed by atoms with E-state index in [2.05, 4.69) is 0 Å². The van der Waals surface area contributed by atoms with Crippen LogP contribution in [0.5, 0.6) is 17.2 Å². The molecule has 132 valence electrons. The minimum absolute atomic E-state index is 0.180. The summed E-state index contributed by atoms with van der Waals surface area (Å²) in [6.07, 6.45) is 3.01. The van der Waals surface area contributed by atoms with Gasteiger partial charge >= 0.3 is 5.97 Å². The van der Waals surface area contributed by atoms with Crippen LogP contribution in [-0.4, -0.2) is 33.4 Å². The Kier molecular flexibility index (Phi) is 6.89. The average molecular weight is 342 g/mol. The Morgan fingerprint density at radius 2 is 1.68 bits per heavy atom. The van der Waals surface area contributed by atoms with Gasteiger partial charge in [-0.2, -0.15) is 0 Å². The molecule has 25 heavy (non-hydrogen) atoms. The van der Waals surface area contributed by atoms with Crippen molar-refractivity contribution in [2.24, 2.45) is 0 Å². The van der Waals surface area contributed by atoms with Crippen molar-refractivity contribution in [2.75, 3.05) is 27.4 Å². The van der Waals surface area contributed by atoms with Crippen LogP contribution >= 0.6 is 0 Å². The smallest absolute Gasteiger partial charge is 0.330 e. The molecule has 0 atom stereocenters. The molecule has 0 bridgehead atoms. The van der Waals surface area contributed by atoms with E-state index in [0.29, 0.717) is 18.1 Å². The Labute approximate surface area is 147 Å². The zero-order chi connectivity index (χ0) is 18.1. The summed E-state index contributed by atoms with van der Waals surface area (Å²) in [6, 6.07) is 13.1. The fourth-order valence-electron chi connectivity index (χ4n) is 2.15. The molecule has 2 aromatic rings. The summed E-state index contributed by atoms with van der Waals surface area (Å²) in [5, 5.41) is 0. The first-order valence-electron chi connectivity index (χ1n) is 7.88. The highest BCUT2D eigenvalue weighted by atomic mass is 16.6. The molecule has 0 aromatic heterocycles. The summed E-state index contributed by atoms with van der Waals surface area (Å²) in [4.78, 5) is 11.8. The quantitative estimate of drug-likeness (QED) is 0.416. The van der Waals surface area contributed by atoms with E-state index in [1.54, 1.807) is 38.5 Å². The number of ether oxygens (including phenoxy) is 4. The zero-order valence-corrected chi connectivity index (χ0v) is 14.7. The average Bonchev–Trinajstić information content (AvgIpc) is 2.64. The lowest BCUT2D eigenvalue weighted by molar-refractivity contribution is -0.138. The minimum atomic E-state index is -0.435. The molecule has 0 aliphatic rings. The molecule has 2 rings (SSSR count). The van der Waals surface area contributed by atoms with Crippen LogP contribution in [0.1, 0.15) is 11.1 Å². The second-order valence-corrected chi connectivity index (χ2v) is 5.26. The van der Waals surface area contributed by atoms with Crippen molar-refractivity contribution >= 4 is 12.0 Å². The molecule has 0 heterocycles. The maximum Gasteiger partial charge on any atom is 0.330 e. The van der Waals surface area contributed by atoms with E-state index in [1.807, 2.05) is 31.2 Å². The standard InChI is InChI=1S/C20H22O5/c1-15-6-4-5-7-19(15)24-10-11-25-20(21)9-8-16-12-17(22-2)14-18(13-16)23-3/h4-9,12-14H,10-11H2,1-3H3/b9-8+. The molecule has 0 saturated carbocycles. The van der Waals surface area contributed by atoms with Gasteiger partial charge in [0.1, 0.15) is 30.5 Å². The fourth-order valence-corrected chi connectivity index (χ4v) is 2.15. The predicted octanol–water partition coefficient (Wildman–Crippen LogP) is 3.65. The van der Waals surface area contributed by atoms with Crippen LogP contribution in [0.4, 0.5) is 0 Å². The third-order valence-corrected chi connectivity index (χ3v) is 3.46. The summed E-state index contributed by atoms with van der Waals surface area (Å²) < 4.78 is 21.1. The molecule has 0 saturated heterocycles. The van der Waals surface area contributed by atoms with Gasteiger partial charge in [0.05, 0.1) is 14.2 Å². The predicted molar refractivity (Wildman–Crippen MR) is 96.2 cm³/mol. The van der Waals surface area contributed by atoms with Crippen LogP contribution in [-0.2, 0) is 9.53 Å². The first-order chi connectivity index (χ1) is 12.1. The van der Waals surface area contributed by atoms with Crippen LogP contribution in [0.25, 0.3) is 6.08 Å². The number of para-hydroxylation sites is 1. The van der Waals surface area contributed by atoms with Gasteiger partial charge in [-0.25, -0.2) is 4.79 Å². The van der Waals surface area contributed by atoms with Gasteiger partial charge in [0, 0.05) is 12.1 Å². The van der Waals surface area contributed by atoms with Gasteiger partial charge < -0.3 is 18.9 Å². The Morgan fingerprint density at radius 1 is 1.00 bits per heavy atom. The Bertz CT molecular complexity index is 714. The number of hydrogen-bond acceptors (Lipinski definition) is 5. The number of esters is 1. The number of benzene rings is 2. The molecule has 0 unspecified atom stereocenters. The summed E-state index contributed by atoms with van der Waals surface area (Å²) in [7, 11) is 3.15. The lowest BCUT2D eigenvalue weighted by Crippen LogP contribution is -2.10. The van der Waals surface area contributed by atoms with Crippen molar-refractivity contribution in [3.05, 3.63) is 59.7 Å². The van der Waals surface area contributed by atoms with E-state index in [0.717, 1.165) is 16.9 Å². The maximum atomic E-state index is 11.8. The highest BCUT2D eigenvalue weighted by Gasteiger charge is 2.02. The van der Waals surface area contributed by atoms with Crippen molar-refractivity contribution in [2.45, 2.75) is 6.92 Å². The molecule has 0 spiro atoms. The van der Waals surface area contributed by atoms with Crippen LogP contribution in [0.3, 0.4) is 0 Å². The maximum absolute atomic E-state index is 11.8. The van der Waals surface area contributed by atoms with Gasteiger partial charge in [0.25, 0.3) is 0 Å². The van der Waals surface area contributed by atoms with Crippen LogP contribution in [0.2, 0.25) is 0 Å².